The largest absolute Gasteiger partial charge is 0.497 e. The van der Waals surface area contributed by atoms with Gasteiger partial charge in [0.15, 0.2) is 0 Å². The number of ether oxygens (including phenoxy) is 1. The van der Waals surface area contributed by atoms with Gasteiger partial charge in [0.2, 0.25) is 5.91 Å². The molecule has 0 saturated carbocycles. The Morgan fingerprint density at radius 3 is 2.67 bits per heavy atom. The fourth-order valence-electron chi connectivity index (χ4n) is 3.14. The van der Waals surface area contributed by atoms with Crippen molar-refractivity contribution in [3.05, 3.63) is 58.6 Å². The van der Waals surface area contributed by atoms with Gasteiger partial charge in [-0.05, 0) is 42.2 Å². The van der Waals surface area contributed by atoms with Gasteiger partial charge in [-0.25, -0.2) is 0 Å². The summed E-state index contributed by atoms with van der Waals surface area (Å²) < 4.78 is 6.17. The summed E-state index contributed by atoms with van der Waals surface area (Å²) in [6, 6.07) is 13.7. The molecule has 5 heteroatoms. The van der Waals surface area contributed by atoms with Crippen LogP contribution in [0.5, 0.6) is 5.75 Å². The number of methoxy groups -OCH3 is 1. The van der Waals surface area contributed by atoms with E-state index in [0.29, 0.717) is 11.6 Å². The third-order valence-corrected chi connectivity index (χ3v) is 5.31. The number of carbonyl (C=O) groups is 1. The van der Waals surface area contributed by atoms with E-state index >= 15 is 0 Å². The Hall–Kier alpha value is -1.27. The number of hydrogen-bond donors (Lipinski definition) is 0. The van der Waals surface area contributed by atoms with Crippen molar-refractivity contribution in [2.75, 3.05) is 16.4 Å². The van der Waals surface area contributed by atoms with E-state index in [1.807, 2.05) is 41.3 Å². The fraction of sp³-hybridized carbons (Fsp3) is 0.316. The number of nitrogens with zero attached hydrogens (tertiary/aromatic N) is 1. The number of rotatable bonds is 5. The number of alkyl halides is 1. The van der Waals surface area contributed by atoms with E-state index < -0.39 is 0 Å². The summed E-state index contributed by atoms with van der Waals surface area (Å²) in [5.74, 6) is 1.01. The SMILES string of the molecule is COc1ccc(CN2C(=O)C(CCI)Cc3cccc(Cl)c32)cc1. The Kier molecular flexibility index (Phi) is 5.66. The van der Waals surface area contributed by atoms with Crippen molar-refractivity contribution in [3.63, 3.8) is 0 Å². The van der Waals surface area contributed by atoms with E-state index in [1.165, 1.54) is 0 Å². The molecule has 0 aromatic heterocycles. The van der Waals surface area contributed by atoms with Crippen LogP contribution < -0.4 is 9.64 Å². The molecule has 1 aliphatic rings. The lowest BCUT2D eigenvalue weighted by Gasteiger charge is -2.35. The predicted molar refractivity (Wildman–Crippen MR) is 106 cm³/mol. The summed E-state index contributed by atoms with van der Waals surface area (Å²) in [6.07, 6.45) is 1.67. The normalized spacial score (nSPS) is 16.9. The Bertz CT molecular complexity index is 733. The lowest BCUT2D eigenvalue weighted by molar-refractivity contribution is -0.123. The molecule has 2 aromatic rings. The molecule has 1 atom stereocenters. The van der Waals surface area contributed by atoms with Gasteiger partial charge in [-0.2, -0.15) is 0 Å². The molecule has 1 heterocycles. The third kappa shape index (κ3) is 3.54. The van der Waals surface area contributed by atoms with Gasteiger partial charge in [-0.15, -0.1) is 0 Å². The van der Waals surface area contributed by atoms with E-state index in [0.717, 1.165) is 39.8 Å². The van der Waals surface area contributed by atoms with Gasteiger partial charge >= 0.3 is 0 Å². The molecule has 3 nitrogen and oxygen atoms in total. The lowest BCUT2D eigenvalue weighted by atomic mass is 9.89. The molecule has 0 aliphatic carbocycles. The highest BCUT2D eigenvalue weighted by molar-refractivity contribution is 14.1. The maximum absolute atomic E-state index is 13.0. The summed E-state index contributed by atoms with van der Waals surface area (Å²) in [5, 5.41) is 0.641. The van der Waals surface area contributed by atoms with Crippen molar-refractivity contribution in [1.82, 2.24) is 0 Å². The molecule has 0 bridgehead atoms. The van der Waals surface area contributed by atoms with Gasteiger partial charge < -0.3 is 9.64 Å². The molecule has 2 aromatic carbocycles. The molecule has 3 rings (SSSR count). The molecule has 0 fully saturated rings. The van der Waals surface area contributed by atoms with Gasteiger partial charge in [0.1, 0.15) is 5.75 Å². The second-order valence-electron chi connectivity index (χ2n) is 5.90. The van der Waals surface area contributed by atoms with Crippen LogP contribution in [0.25, 0.3) is 0 Å². The molecule has 24 heavy (non-hydrogen) atoms. The minimum atomic E-state index is 0.0334. The second kappa shape index (κ2) is 7.74. The van der Waals surface area contributed by atoms with Crippen molar-refractivity contribution in [1.29, 1.82) is 0 Å². The minimum absolute atomic E-state index is 0.0334. The average Bonchev–Trinajstić information content (AvgIpc) is 2.59. The number of halogens is 2. The number of amides is 1. The summed E-state index contributed by atoms with van der Waals surface area (Å²) in [6.45, 7) is 0.525. The molecule has 0 saturated heterocycles. The van der Waals surface area contributed by atoms with E-state index in [1.54, 1.807) is 7.11 Å². The molecule has 1 unspecified atom stereocenters. The van der Waals surface area contributed by atoms with Gasteiger partial charge in [0.25, 0.3) is 0 Å². The predicted octanol–water partition coefficient (Wildman–Crippen LogP) is 4.88. The topological polar surface area (TPSA) is 29.5 Å². The molecule has 0 radical (unpaired) electrons. The fourth-order valence-corrected chi connectivity index (χ4v) is 4.19. The first-order valence-corrected chi connectivity index (χ1v) is 9.82. The zero-order valence-electron chi connectivity index (χ0n) is 13.5. The van der Waals surface area contributed by atoms with Crippen LogP contribution in [0.4, 0.5) is 5.69 Å². The van der Waals surface area contributed by atoms with Crippen LogP contribution in [0.3, 0.4) is 0 Å². The number of hydrogen-bond acceptors (Lipinski definition) is 2. The molecular formula is C19H19ClINO2. The van der Waals surface area contributed by atoms with Crippen LogP contribution in [0.1, 0.15) is 17.5 Å². The average molecular weight is 456 g/mol. The molecule has 0 spiro atoms. The number of anilines is 1. The van der Waals surface area contributed by atoms with E-state index in [9.17, 15) is 4.79 Å². The van der Waals surface area contributed by atoms with E-state index in [2.05, 4.69) is 28.7 Å². The summed E-state index contributed by atoms with van der Waals surface area (Å²) in [7, 11) is 1.65. The zero-order chi connectivity index (χ0) is 17.1. The first-order valence-electron chi connectivity index (χ1n) is 7.91. The standard InChI is InChI=1S/C19H19ClINO2/c1-24-16-7-5-13(6-8-16)12-22-18-14(3-2-4-17(18)20)11-15(9-10-21)19(22)23/h2-8,15H,9-12H2,1H3. The van der Waals surface area contributed by atoms with Gasteiger partial charge in [-0.1, -0.05) is 58.5 Å². The quantitative estimate of drug-likeness (QED) is 0.475. The Labute approximate surface area is 161 Å². The van der Waals surface area contributed by atoms with Gasteiger partial charge in [0, 0.05) is 10.3 Å². The molecule has 126 valence electrons. The first-order chi connectivity index (χ1) is 11.6. The smallest absolute Gasteiger partial charge is 0.230 e. The van der Waals surface area contributed by atoms with Crippen LogP contribution in [0.2, 0.25) is 5.02 Å². The summed E-state index contributed by atoms with van der Waals surface area (Å²) in [4.78, 5) is 14.8. The lowest BCUT2D eigenvalue weighted by Crippen LogP contribution is -2.41. The highest BCUT2D eigenvalue weighted by Gasteiger charge is 2.33. The van der Waals surface area contributed by atoms with Crippen molar-refractivity contribution < 1.29 is 9.53 Å². The van der Waals surface area contributed by atoms with Gasteiger partial charge in [0.05, 0.1) is 24.4 Å². The van der Waals surface area contributed by atoms with Crippen LogP contribution in [0, 0.1) is 5.92 Å². The van der Waals surface area contributed by atoms with Crippen LogP contribution in [0.15, 0.2) is 42.5 Å². The summed E-state index contributed by atoms with van der Waals surface area (Å²) >= 11 is 8.76. The number of fused-ring (bicyclic) bond motifs is 1. The van der Waals surface area contributed by atoms with Crippen LogP contribution >= 0.6 is 34.2 Å². The maximum atomic E-state index is 13.0. The number of para-hydroxylation sites is 1. The highest BCUT2D eigenvalue weighted by Crippen LogP contribution is 2.38. The monoisotopic (exact) mass is 455 g/mol. The van der Waals surface area contributed by atoms with Crippen LogP contribution in [-0.2, 0) is 17.8 Å². The van der Waals surface area contributed by atoms with Crippen molar-refractivity contribution in [2.45, 2.75) is 19.4 Å². The summed E-state index contributed by atoms with van der Waals surface area (Å²) in [5.41, 5.74) is 3.08. The number of carbonyl (C=O) groups excluding carboxylic acids is 1. The Morgan fingerprint density at radius 2 is 2.00 bits per heavy atom. The molecular weight excluding hydrogens is 437 g/mol. The minimum Gasteiger partial charge on any atom is -0.497 e. The molecule has 1 aliphatic heterocycles. The maximum Gasteiger partial charge on any atom is 0.230 e. The highest BCUT2D eigenvalue weighted by atomic mass is 127. The van der Waals surface area contributed by atoms with E-state index in [4.69, 9.17) is 16.3 Å². The first kappa shape index (κ1) is 17.5. The zero-order valence-corrected chi connectivity index (χ0v) is 16.4. The molecule has 1 amide bonds. The van der Waals surface area contributed by atoms with Crippen molar-refractivity contribution in [2.24, 2.45) is 5.92 Å². The van der Waals surface area contributed by atoms with Gasteiger partial charge in [-0.3, -0.25) is 4.79 Å². The van der Waals surface area contributed by atoms with Crippen LogP contribution in [-0.4, -0.2) is 17.4 Å². The third-order valence-electron chi connectivity index (χ3n) is 4.38. The van der Waals surface area contributed by atoms with Crippen molar-refractivity contribution >= 4 is 45.8 Å². The second-order valence-corrected chi connectivity index (χ2v) is 7.38. The Morgan fingerprint density at radius 1 is 1.25 bits per heavy atom. The van der Waals surface area contributed by atoms with E-state index in [-0.39, 0.29) is 11.8 Å². The number of benzene rings is 2. The molecule has 0 N–H and O–H groups in total. The van der Waals surface area contributed by atoms with Crippen molar-refractivity contribution in [3.8, 4) is 5.75 Å². The Balaban J connectivity index is 1.95.